The minimum absolute atomic E-state index is 0.0609. The van der Waals surface area contributed by atoms with Gasteiger partial charge in [-0.3, -0.25) is 0 Å². The van der Waals surface area contributed by atoms with E-state index in [1.807, 2.05) is 0 Å². The molecule has 0 saturated heterocycles. The zero-order valence-electron chi connectivity index (χ0n) is 10.9. The first-order valence-corrected chi connectivity index (χ1v) is 6.94. The van der Waals surface area contributed by atoms with Crippen LogP contribution < -0.4 is 10.2 Å². The molecule has 0 heterocycles. The largest absolute Gasteiger partial charge is 0.519 e. The molecule has 2 N–H and O–H groups in total. The van der Waals surface area contributed by atoms with Gasteiger partial charge >= 0.3 is 27.7 Å². The van der Waals surface area contributed by atoms with Crippen molar-refractivity contribution >= 4 is 21.7 Å². The van der Waals surface area contributed by atoms with Crippen molar-refractivity contribution in [2.45, 2.75) is 18.2 Å². The molecule has 1 aromatic carbocycles. The molecule has 0 spiro atoms. The molecule has 0 radical (unpaired) electrons. The van der Waals surface area contributed by atoms with Gasteiger partial charge in [0.1, 0.15) is 0 Å². The van der Waals surface area contributed by atoms with Gasteiger partial charge in [-0.2, -0.15) is 34.8 Å². The second kappa shape index (κ2) is 6.23. The summed E-state index contributed by atoms with van der Waals surface area (Å²) in [5, 5.41) is 0. The molecule has 0 aliphatic heterocycles. The predicted octanol–water partition coefficient (Wildman–Crippen LogP) is 1.82. The van der Waals surface area contributed by atoms with Crippen LogP contribution in [0.25, 0.3) is 0 Å². The number of carbonyl (C=O) groups excluding carboxylic acids is 1. The third-order valence-corrected chi connectivity index (χ3v) is 3.60. The number of halogens is 6. The fourth-order valence-corrected chi connectivity index (χ4v) is 1.97. The number of alkyl halides is 6. The van der Waals surface area contributed by atoms with Crippen molar-refractivity contribution < 1.29 is 44.4 Å². The van der Waals surface area contributed by atoms with E-state index in [9.17, 15) is 39.6 Å². The summed E-state index contributed by atoms with van der Waals surface area (Å²) >= 11 is 0. The van der Waals surface area contributed by atoms with Crippen LogP contribution in [0.5, 0.6) is 0 Å². The van der Waals surface area contributed by atoms with Crippen molar-refractivity contribution in [3.8, 4) is 0 Å². The lowest BCUT2D eigenvalue weighted by Crippen LogP contribution is -2.44. The minimum Gasteiger partial charge on any atom is -0.326 e. The predicted molar refractivity (Wildman–Crippen MR) is 63.9 cm³/mol. The molecule has 0 unspecified atom stereocenters. The maximum atomic E-state index is 12.5. The van der Waals surface area contributed by atoms with Gasteiger partial charge in [-0.1, -0.05) is 16.6 Å². The van der Waals surface area contributed by atoms with Gasteiger partial charge in [0, 0.05) is 6.54 Å². The Kier molecular flexibility index (Phi) is 5.16. The molecule has 0 atom stereocenters. The Morgan fingerprint density at radius 3 is 1.91 bits per heavy atom. The summed E-state index contributed by atoms with van der Waals surface area (Å²) in [5.74, 6) is -3.13. The van der Waals surface area contributed by atoms with Gasteiger partial charge in [0.05, 0.1) is 5.69 Å². The lowest BCUT2D eigenvalue weighted by molar-refractivity contribution is -0.199. The van der Waals surface area contributed by atoms with Crippen LogP contribution in [0.15, 0.2) is 24.3 Å². The Hall–Kier alpha value is -2.02. The maximum absolute atomic E-state index is 12.5. The maximum Gasteiger partial charge on any atom is 0.519 e. The second-order valence-corrected chi connectivity index (χ2v) is 5.67. The monoisotopic (exact) mass is 366 g/mol. The molecule has 6 nitrogen and oxygen atoms in total. The molecule has 1 rings (SSSR count). The summed E-state index contributed by atoms with van der Waals surface area (Å²) < 4.78 is 95.5. The molecule has 0 amide bonds. The average Bonchev–Trinajstić information content (AvgIpc) is 2.42. The Morgan fingerprint density at radius 1 is 1.09 bits per heavy atom. The molecular formula is C10H8F6N2O4S. The van der Waals surface area contributed by atoms with Crippen molar-refractivity contribution in [2.75, 3.05) is 4.47 Å². The molecule has 0 saturated carbocycles. The van der Waals surface area contributed by atoms with Crippen molar-refractivity contribution in [1.29, 1.82) is 0 Å². The zero-order valence-corrected chi connectivity index (χ0v) is 11.7. The number of anilines is 1. The molecule has 0 fully saturated rings. The molecule has 1 aromatic rings. The quantitative estimate of drug-likeness (QED) is 0.649. The van der Waals surface area contributed by atoms with E-state index in [1.165, 1.54) is 0 Å². The molecule has 0 aromatic heterocycles. The number of hydrogen-bond donors (Lipinski definition) is 1. The smallest absolute Gasteiger partial charge is 0.326 e. The van der Waals surface area contributed by atoms with Crippen LogP contribution in [0.2, 0.25) is 0 Å². The van der Waals surface area contributed by atoms with Crippen LogP contribution in [-0.4, -0.2) is 26.1 Å². The van der Waals surface area contributed by atoms with Crippen LogP contribution >= 0.6 is 0 Å². The van der Waals surface area contributed by atoms with Crippen molar-refractivity contribution in [2.24, 2.45) is 5.73 Å². The molecule has 0 bridgehead atoms. The van der Waals surface area contributed by atoms with Gasteiger partial charge in [-0.05, 0) is 17.7 Å². The normalized spacial score (nSPS) is 12.8. The van der Waals surface area contributed by atoms with E-state index in [4.69, 9.17) is 5.73 Å². The summed E-state index contributed by atoms with van der Waals surface area (Å²) in [5.41, 5.74) is -1.39. The Morgan fingerprint density at radius 2 is 1.57 bits per heavy atom. The molecule has 130 valence electrons. The number of rotatable bonds is 4. The number of nitrogens with two attached hydrogens (primary N) is 1. The van der Waals surface area contributed by atoms with Crippen molar-refractivity contribution in [3.63, 3.8) is 0 Å². The van der Waals surface area contributed by atoms with Crippen molar-refractivity contribution in [1.82, 2.24) is 0 Å². The standard InChI is InChI=1S/C10H8F6N2O4S/c11-9(12,13)8(19)22-18(23(20,21)10(14,15)16)7-3-1-6(5-17)2-4-7/h1-4H,5,17H2. The second-order valence-electron chi connectivity index (χ2n) is 3.92. The van der Waals surface area contributed by atoms with E-state index in [1.54, 1.807) is 0 Å². The van der Waals surface area contributed by atoms with E-state index < -0.39 is 37.8 Å². The fraction of sp³-hybridized carbons (Fsp3) is 0.300. The number of sulfonamides is 1. The zero-order chi connectivity index (χ0) is 18.1. The number of hydrogen-bond acceptors (Lipinski definition) is 5. The highest BCUT2D eigenvalue weighted by atomic mass is 32.2. The average molecular weight is 366 g/mol. The summed E-state index contributed by atoms with van der Waals surface area (Å²) in [6.45, 7) is -0.0609. The van der Waals surface area contributed by atoms with E-state index in [0.29, 0.717) is 17.7 Å². The van der Waals surface area contributed by atoms with Gasteiger partial charge < -0.3 is 10.6 Å². The highest BCUT2D eigenvalue weighted by Crippen LogP contribution is 2.32. The highest BCUT2D eigenvalue weighted by Gasteiger charge is 2.54. The Bertz CT molecular complexity index is 668. The topological polar surface area (TPSA) is 89.7 Å². The van der Waals surface area contributed by atoms with Crippen LogP contribution in [0.4, 0.5) is 32.0 Å². The lowest BCUT2D eigenvalue weighted by Gasteiger charge is -2.23. The SMILES string of the molecule is NCc1ccc(N(OC(=O)C(F)(F)F)S(=O)(=O)C(F)(F)F)cc1. The first-order valence-electron chi connectivity index (χ1n) is 5.50. The van der Waals surface area contributed by atoms with Gasteiger partial charge in [-0.25, -0.2) is 4.79 Å². The van der Waals surface area contributed by atoms with Crippen LogP contribution in [-0.2, 0) is 26.2 Å². The molecule has 0 aliphatic rings. The Balaban J connectivity index is 3.34. The molecule has 13 heteroatoms. The highest BCUT2D eigenvalue weighted by molar-refractivity contribution is 7.93. The van der Waals surface area contributed by atoms with E-state index >= 15 is 0 Å². The van der Waals surface area contributed by atoms with Gasteiger partial charge in [-0.15, -0.1) is 0 Å². The van der Waals surface area contributed by atoms with Gasteiger partial charge in [0.25, 0.3) is 0 Å². The summed E-state index contributed by atoms with van der Waals surface area (Å²) in [7, 11) is -6.41. The van der Waals surface area contributed by atoms with E-state index in [0.717, 1.165) is 12.1 Å². The first kappa shape index (κ1) is 19.0. The number of carbonyl (C=O) groups is 1. The van der Waals surface area contributed by atoms with Crippen LogP contribution in [0.3, 0.4) is 0 Å². The van der Waals surface area contributed by atoms with Crippen LogP contribution in [0.1, 0.15) is 5.56 Å². The van der Waals surface area contributed by atoms with Crippen molar-refractivity contribution in [3.05, 3.63) is 29.8 Å². The lowest BCUT2D eigenvalue weighted by atomic mass is 10.2. The van der Waals surface area contributed by atoms with E-state index in [2.05, 4.69) is 4.84 Å². The van der Waals surface area contributed by atoms with E-state index in [-0.39, 0.29) is 6.54 Å². The summed E-state index contributed by atoms with van der Waals surface area (Å²) in [6, 6.07) is 3.51. The third kappa shape index (κ3) is 4.25. The summed E-state index contributed by atoms with van der Waals surface area (Å²) in [4.78, 5) is 14.1. The molecule has 0 aliphatic carbocycles. The van der Waals surface area contributed by atoms with Gasteiger partial charge in [0.2, 0.25) is 0 Å². The molecular weight excluding hydrogens is 358 g/mol. The third-order valence-electron chi connectivity index (χ3n) is 2.29. The number of benzene rings is 1. The Labute approximate surface area is 125 Å². The molecule has 23 heavy (non-hydrogen) atoms. The number of nitrogens with zero attached hydrogens (tertiary/aromatic N) is 1. The van der Waals surface area contributed by atoms with Crippen LogP contribution in [0, 0.1) is 0 Å². The fourth-order valence-electron chi connectivity index (χ4n) is 1.22. The van der Waals surface area contributed by atoms with Gasteiger partial charge in [0.15, 0.2) is 0 Å². The summed E-state index contributed by atoms with van der Waals surface area (Å²) in [6.07, 6.45) is -5.70. The minimum atomic E-state index is -6.41. The first-order chi connectivity index (χ1) is 10.3.